The quantitative estimate of drug-likeness (QED) is 0.895. The zero-order valence-electron chi connectivity index (χ0n) is 12.0. The average Bonchev–Trinajstić information content (AvgIpc) is 2.33. The number of anilines is 1. The van der Waals surface area contributed by atoms with Crippen LogP contribution in [0.4, 0.5) is 5.69 Å². The second kappa shape index (κ2) is 6.43. The maximum absolute atomic E-state index is 12.0. The molecule has 1 fully saturated rings. The summed E-state index contributed by atoms with van der Waals surface area (Å²) in [7, 11) is 5.67. The van der Waals surface area contributed by atoms with Gasteiger partial charge in [-0.05, 0) is 32.3 Å². The summed E-state index contributed by atoms with van der Waals surface area (Å²) in [5.74, 6) is 0.556. The summed E-state index contributed by atoms with van der Waals surface area (Å²) in [5.41, 5.74) is 0.606. The van der Waals surface area contributed by atoms with E-state index in [1.807, 2.05) is 0 Å². The van der Waals surface area contributed by atoms with Gasteiger partial charge in [0, 0.05) is 24.2 Å². The van der Waals surface area contributed by atoms with Crippen molar-refractivity contribution in [3.8, 4) is 5.75 Å². The number of halogens is 1. The lowest BCUT2D eigenvalue weighted by Gasteiger charge is -2.42. The highest BCUT2D eigenvalue weighted by molar-refractivity contribution is 6.31. The lowest BCUT2D eigenvalue weighted by atomic mass is 10.1. The van der Waals surface area contributed by atoms with Crippen molar-refractivity contribution in [3.63, 3.8) is 0 Å². The van der Waals surface area contributed by atoms with Crippen LogP contribution >= 0.6 is 11.6 Å². The van der Waals surface area contributed by atoms with Gasteiger partial charge in [-0.2, -0.15) is 0 Å². The number of likely N-dealkylation sites (N-methyl/N-ethyl adjacent to an activating group) is 1. The van der Waals surface area contributed by atoms with Crippen molar-refractivity contribution in [3.05, 3.63) is 23.2 Å². The van der Waals surface area contributed by atoms with Crippen LogP contribution < -0.4 is 10.1 Å². The molecule has 1 amide bonds. The molecule has 2 rings (SSSR count). The highest BCUT2D eigenvalue weighted by Crippen LogP contribution is 2.27. The molecule has 0 aromatic heterocycles. The highest BCUT2D eigenvalue weighted by atomic mass is 35.5. The fourth-order valence-corrected chi connectivity index (χ4v) is 2.34. The van der Waals surface area contributed by atoms with E-state index in [-0.39, 0.29) is 5.91 Å². The molecule has 0 spiro atoms. The summed E-state index contributed by atoms with van der Waals surface area (Å²) < 4.78 is 5.20. The number of hydrogen-bond donors (Lipinski definition) is 1. The first kappa shape index (κ1) is 15.1. The van der Waals surface area contributed by atoms with Crippen LogP contribution in [0.2, 0.25) is 5.02 Å². The molecule has 1 N–H and O–H groups in total. The van der Waals surface area contributed by atoms with E-state index in [9.17, 15) is 4.79 Å². The summed E-state index contributed by atoms with van der Waals surface area (Å²) in [4.78, 5) is 16.3. The SMILES string of the molecule is COc1ccc(Cl)cc1NC(=O)CN1CC(N(C)C)C1. The second-order valence-electron chi connectivity index (χ2n) is 5.20. The lowest BCUT2D eigenvalue weighted by Crippen LogP contribution is -2.58. The zero-order chi connectivity index (χ0) is 14.7. The fraction of sp³-hybridized carbons (Fsp3) is 0.500. The van der Waals surface area contributed by atoms with E-state index in [1.54, 1.807) is 25.3 Å². The molecule has 20 heavy (non-hydrogen) atoms. The molecule has 1 aromatic carbocycles. The van der Waals surface area contributed by atoms with Gasteiger partial charge < -0.3 is 15.0 Å². The van der Waals surface area contributed by atoms with E-state index >= 15 is 0 Å². The van der Waals surface area contributed by atoms with Gasteiger partial charge >= 0.3 is 0 Å². The number of nitrogens with zero attached hydrogens (tertiary/aromatic N) is 2. The van der Waals surface area contributed by atoms with Crippen molar-refractivity contribution in [2.45, 2.75) is 6.04 Å². The van der Waals surface area contributed by atoms with Gasteiger partial charge in [-0.1, -0.05) is 11.6 Å². The van der Waals surface area contributed by atoms with Crippen LogP contribution in [0.15, 0.2) is 18.2 Å². The van der Waals surface area contributed by atoms with E-state index in [2.05, 4.69) is 29.2 Å². The molecular weight excluding hydrogens is 278 g/mol. The Labute approximate surface area is 124 Å². The minimum atomic E-state index is -0.0530. The van der Waals surface area contributed by atoms with Gasteiger partial charge in [0.15, 0.2) is 0 Å². The van der Waals surface area contributed by atoms with Crippen LogP contribution in [0.5, 0.6) is 5.75 Å². The molecule has 1 heterocycles. The maximum atomic E-state index is 12.0. The van der Waals surface area contributed by atoms with E-state index in [0.717, 1.165) is 13.1 Å². The number of methoxy groups -OCH3 is 1. The van der Waals surface area contributed by atoms with E-state index in [1.165, 1.54) is 0 Å². The van der Waals surface area contributed by atoms with Crippen LogP contribution in [0.1, 0.15) is 0 Å². The van der Waals surface area contributed by atoms with Gasteiger partial charge in [0.25, 0.3) is 0 Å². The number of benzene rings is 1. The van der Waals surface area contributed by atoms with Gasteiger partial charge in [-0.25, -0.2) is 0 Å². The van der Waals surface area contributed by atoms with Gasteiger partial charge in [-0.3, -0.25) is 9.69 Å². The topological polar surface area (TPSA) is 44.8 Å². The fourth-order valence-electron chi connectivity index (χ4n) is 2.17. The molecule has 0 saturated carbocycles. The Morgan fingerprint density at radius 2 is 2.20 bits per heavy atom. The van der Waals surface area contributed by atoms with Crippen molar-refractivity contribution in [1.29, 1.82) is 0 Å². The van der Waals surface area contributed by atoms with Crippen molar-refractivity contribution in [2.24, 2.45) is 0 Å². The molecule has 1 saturated heterocycles. The zero-order valence-corrected chi connectivity index (χ0v) is 12.8. The smallest absolute Gasteiger partial charge is 0.238 e. The van der Waals surface area contributed by atoms with Crippen LogP contribution in [0.25, 0.3) is 0 Å². The number of likely N-dealkylation sites (tertiary alicyclic amines) is 1. The number of ether oxygens (including phenoxy) is 1. The van der Waals surface area contributed by atoms with E-state index in [4.69, 9.17) is 16.3 Å². The molecule has 1 aliphatic heterocycles. The number of rotatable bonds is 5. The lowest BCUT2D eigenvalue weighted by molar-refractivity contribution is -0.119. The van der Waals surface area contributed by atoms with Crippen molar-refractivity contribution >= 4 is 23.2 Å². The molecular formula is C14H20ClN3O2. The molecule has 0 aliphatic carbocycles. The summed E-state index contributed by atoms with van der Waals surface area (Å²) in [5, 5.41) is 3.41. The van der Waals surface area contributed by atoms with E-state index in [0.29, 0.717) is 29.0 Å². The molecule has 6 heteroatoms. The van der Waals surface area contributed by atoms with Crippen molar-refractivity contribution in [2.75, 3.05) is 46.2 Å². The summed E-state index contributed by atoms with van der Waals surface area (Å²) in [6.07, 6.45) is 0. The maximum Gasteiger partial charge on any atom is 0.238 e. The summed E-state index contributed by atoms with van der Waals surface area (Å²) >= 11 is 5.93. The molecule has 0 unspecified atom stereocenters. The second-order valence-corrected chi connectivity index (χ2v) is 5.64. The first-order valence-corrected chi connectivity index (χ1v) is 6.89. The summed E-state index contributed by atoms with van der Waals surface area (Å²) in [6.45, 7) is 2.24. The predicted octanol–water partition coefficient (Wildman–Crippen LogP) is 1.53. The Hall–Kier alpha value is -1.30. The molecule has 1 aromatic rings. The number of amides is 1. The number of carbonyl (C=O) groups excluding carboxylic acids is 1. The highest BCUT2D eigenvalue weighted by Gasteiger charge is 2.29. The number of carbonyl (C=O) groups is 1. The Balaban J connectivity index is 1.88. The van der Waals surface area contributed by atoms with Crippen LogP contribution in [0, 0.1) is 0 Å². The van der Waals surface area contributed by atoms with Crippen molar-refractivity contribution in [1.82, 2.24) is 9.80 Å². The first-order valence-electron chi connectivity index (χ1n) is 6.51. The average molecular weight is 298 g/mol. The molecule has 0 radical (unpaired) electrons. The minimum Gasteiger partial charge on any atom is -0.495 e. The molecule has 110 valence electrons. The Kier molecular flexibility index (Phi) is 4.86. The standard InChI is InChI=1S/C14H20ClN3O2/c1-17(2)11-7-18(8-11)9-14(19)16-12-6-10(15)4-5-13(12)20-3/h4-6,11H,7-9H2,1-3H3,(H,16,19). The molecule has 0 bridgehead atoms. The van der Waals surface area contributed by atoms with Crippen LogP contribution in [-0.4, -0.2) is 62.6 Å². The third kappa shape index (κ3) is 3.62. The van der Waals surface area contributed by atoms with Gasteiger partial charge in [0.2, 0.25) is 5.91 Å². The predicted molar refractivity (Wildman–Crippen MR) is 80.5 cm³/mol. The number of hydrogen-bond acceptors (Lipinski definition) is 4. The molecule has 5 nitrogen and oxygen atoms in total. The normalized spacial score (nSPS) is 16.1. The summed E-state index contributed by atoms with van der Waals surface area (Å²) in [6, 6.07) is 5.71. The third-order valence-electron chi connectivity index (χ3n) is 3.47. The van der Waals surface area contributed by atoms with Gasteiger partial charge in [0.1, 0.15) is 5.75 Å². The Morgan fingerprint density at radius 1 is 1.50 bits per heavy atom. The Morgan fingerprint density at radius 3 is 2.80 bits per heavy atom. The molecule has 1 aliphatic rings. The Bertz CT molecular complexity index is 487. The number of nitrogens with one attached hydrogen (secondary N) is 1. The third-order valence-corrected chi connectivity index (χ3v) is 3.71. The van der Waals surface area contributed by atoms with Crippen LogP contribution in [0.3, 0.4) is 0 Å². The first-order chi connectivity index (χ1) is 9.49. The van der Waals surface area contributed by atoms with Crippen LogP contribution in [-0.2, 0) is 4.79 Å². The monoisotopic (exact) mass is 297 g/mol. The van der Waals surface area contributed by atoms with E-state index < -0.39 is 0 Å². The molecule has 0 atom stereocenters. The van der Waals surface area contributed by atoms with Gasteiger partial charge in [-0.15, -0.1) is 0 Å². The van der Waals surface area contributed by atoms with Crippen molar-refractivity contribution < 1.29 is 9.53 Å². The largest absolute Gasteiger partial charge is 0.495 e. The van der Waals surface area contributed by atoms with Gasteiger partial charge in [0.05, 0.1) is 19.3 Å². The minimum absolute atomic E-state index is 0.0530.